The van der Waals surface area contributed by atoms with Gasteiger partial charge in [-0.1, -0.05) is 38.1 Å². The van der Waals surface area contributed by atoms with Crippen molar-refractivity contribution in [2.24, 2.45) is 5.92 Å². The van der Waals surface area contributed by atoms with Gasteiger partial charge in [0.2, 0.25) is 0 Å². The van der Waals surface area contributed by atoms with Gasteiger partial charge in [0.15, 0.2) is 0 Å². The summed E-state index contributed by atoms with van der Waals surface area (Å²) in [6.07, 6.45) is 0. The van der Waals surface area contributed by atoms with Crippen molar-refractivity contribution in [2.45, 2.75) is 30.7 Å². The van der Waals surface area contributed by atoms with Gasteiger partial charge < -0.3 is 10.2 Å². The monoisotopic (exact) mass is 369 g/mol. The molecule has 2 aromatic rings. The van der Waals surface area contributed by atoms with Crippen molar-refractivity contribution in [1.29, 1.82) is 0 Å². The molecule has 0 amide bonds. The number of carboxylic acids is 1. The normalized spacial score (nSPS) is 13.2. The molecule has 1 aromatic carbocycles. The summed E-state index contributed by atoms with van der Waals surface area (Å²) in [4.78, 5) is 11.9. The zero-order chi connectivity index (χ0) is 17.9. The highest BCUT2D eigenvalue weighted by Crippen LogP contribution is 2.31. The summed E-state index contributed by atoms with van der Waals surface area (Å²) in [5.74, 6) is -1.58. The number of aliphatic carboxylic acids is 1. The van der Waals surface area contributed by atoms with Crippen LogP contribution in [0, 0.1) is 5.92 Å². The SMILES string of the molecule is CC(C)C(NS(=O)(=O)c1ccc(-c2ccc(CO)cc2)s1)C(=O)O. The topological polar surface area (TPSA) is 104 Å². The Kier molecular flexibility index (Phi) is 5.76. The summed E-state index contributed by atoms with van der Waals surface area (Å²) < 4.78 is 27.1. The molecule has 24 heavy (non-hydrogen) atoms. The van der Waals surface area contributed by atoms with Crippen molar-refractivity contribution in [3.63, 3.8) is 0 Å². The molecule has 0 fully saturated rings. The average Bonchev–Trinajstić information content (AvgIpc) is 3.03. The van der Waals surface area contributed by atoms with Gasteiger partial charge in [0.25, 0.3) is 10.0 Å². The molecular formula is C16H19NO5S2. The van der Waals surface area contributed by atoms with Gasteiger partial charge in [0.05, 0.1) is 6.61 Å². The number of benzene rings is 1. The van der Waals surface area contributed by atoms with Crippen molar-refractivity contribution in [3.8, 4) is 10.4 Å². The van der Waals surface area contributed by atoms with Gasteiger partial charge >= 0.3 is 5.97 Å². The predicted molar refractivity (Wildman–Crippen MR) is 92.3 cm³/mol. The molecule has 1 atom stereocenters. The van der Waals surface area contributed by atoms with E-state index in [4.69, 9.17) is 10.2 Å². The lowest BCUT2D eigenvalue weighted by atomic mass is 10.1. The van der Waals surface area contributed by atoms with E-state index in [-0.39, 0.29) is 16.7 Å². The van der Waals surface area contributed by atoms with Gasteiger partial charge in [-0.2, -0.15) is 4.72 Å². The molecule has 0 aliphatic carbocycles. The third kappa shape index (κ3) is 4.21. The van der Waals surface area contributed by atoms with Crippen LogP contribution in [0.15, 0.2) is 40.6 Å². The highest BCUT2D eigenvalue weighted by molar-refractivity contribution is 7.91. The molecule has 0 bridgehead atoms. The van der Waals surface area contributed by atoms with E-state index in [0.717, 1.165) is 27.3 Å². The molecule has 0 radical (unpaired) electrons. The standard InChI is InChI=1S/C16H19NO5S2/c1-10(2)15(16(19)20)17-24(21,22)14-8-7-13(23-14)12-5-3-11(9-18)4-6-12/h3-8,10,15,17-18H,9H2,1-2H3,(H,19,20). The quantitative estimate of drug-likeness (QED) is 0.695. The number of carboxylic acid groups (broad SMARTS) is 1. The summed E-state index contributed by atoms with van der Waals surface area (Å²) in [6, 6.07) is 9.09. The minimum absolute atomic E-state index is 0.0555. The van der Waals surface area contributed by atoms with Crippen LogP contribution in [-0.4, -0.2) is 30.6 Å². The van der Waals surface area contributed by atoms with Crippen molar-refractivity contribution < 1.29 is 23.4 Å². The van der Waals surface area contributed by atoms with Gasteiger partial charge in [0, 0.05) is 4.88 Å². The van der Waals surface area contributed by atoms with E-state index < -0.39 is 22.0 Å². The first-order valence-electron chi connectivity index (χ1n) is 7.29. The van der Waals surface area contributed by atoms with E-state index in [1.165, 1.54) is 6.07 Å². The number of hydrogen-bond acceptors (Lipinski definition) is 5. The summed E-state index contributed by atoms with van der Waals surface area (Å²) >= 11 is 1.07. The summed E-state index contributed by atoms with van der Waals surface area (Å²) in [6.45, 7) is 3.23. The molecule has 1 unspecified atom stereocenters. The van der Waals surface area contributed by atoms with Gasteiger partial charge in [-0.15, -0.1) is 11.3 Å². The largest absolute Gasteiger partial charge is 0.480 e. The highest BCUT2D eigenvalue weighted by Gasteiger charge is 2.28. The van der Waals surface area contributed by atoms with Crippen LogP contribution < -0.4 is 4.72 Å². The number of nitrogens with one attached hydrogen (secondary N) is 1. The van der Waals surface area contributed by atoms with E-state index >= 15 is 0 Å². The van der Waals surface area contributed by atoms with Crippen LogP contribution in [-0.2, 0) is 21.4 Å². The number of thiophene rings is 1. The van der Waals surface area contributed by atoms with Crippen LogP contribution in [0.25, 0.3) is 10.4 Å². The van der Waals surface area contributed by atoms with Crippen molar-refractivity contribution in [2.75, 3.05) is 0 Å². The number of carbonyl (C=O) groups is 1. The first-order valence-corrected chi connectivity index (χ1v) is 9.59. The molecule has 2 rings (SSSR count). The van der Waals surface area contributed by atoms with E-state index in [1.807, 2.05) is 0 Å². The lowest BCUT2D eigenvalue weighted by Gasteiger charge is -2.17. The maximum absolute atomic E-state index is 12.4. The van der Waals surface area contributed by atoms with Crippen LogP contribution in [0.4, 0.5) is 0 Å². The van der Waals surface area contributed by atoms with Crippen LogP contribution >= 0.6 is 11.3 Å². The van der Waals surface area contributed by atoms with Crippen LogP contribution in [0.5, 0.6) is 0 Å². The average molecular weight is 369 g/mol. The fraction of sp³-hybridized carbons (Fsp3) is 0.312. The minimum Gasteiger partial charge on any atom is -0.480 e. The molecule has 8 heteroatoms. The Hall–Kier alpha value is -1.74. The van der Waals surface area contributed by atoms with E-state index in [9.17, 15) is 13.2 Å². The smallest absolute Gasteiger partial charge is 0.322 e. The van der Waals surface area contributed by atoms with Crippen LogP contribution in [0.2, 0.25) is 0 Å². The van der Waals surface area contributed by atoms with Crippen molar-refractivity contribution in [3.05, 3.63) is 42.0 Å². The second kappa shape index (κ2) is 7.43. The Labute approximate surface area is 144 Å². The van der Waals surface area contributed by atoms with Crippen LogP contribution in [0.1, 0.15) is 19.4 Å². The minimum atomic E-state index is -3.90. The molecule has 0 spiro atoms. The van der Waals surface area contributed by atoms with Gasteiger partial charge in [-0.25, -0.2) is 8.42 Å². The molecule has 0 aliphatic heterocycles. The fourth-order valence-corrected chi connectivity index (χ4v) is 4.76. The number of aliphatic hydroxyl groups is 1. The maximum atomic E-state index is 12.4. The number of hydrogen-bond donors (Lipinski definition) is 3. The molecular weight excluding hydrogens is 350 g/mol. The Morgan fingerprint density at radius 2 is 1.79 bits per heavy atom. The molecule has 3 N–H and O–H groups in total. The maximum Gasteiger partial charge on any atom is 0.322 e. The Balaban J connectivity index is 2.26. The molecule has 0 saturated heterocycles. The predicted octanol–water partition coefficient (Wildman–Crippen LogP) is 2.29. The van der Waals surface area contributed by atoms with Crippen molar-refractivity contribution >= 4 is 27.3 Å². The molecule has 130 valence electrons. The van der Waals surface area contributed by atoms with Crippen molar-refractivity contribution in [1.82, 2.24) is 4.72 Å². The molecule has 6 nitrogen and oxygen atoms in total. The van der Waals surface area contributed by atoms with Gasteiger partial charge in [-0.3, -0.25) is 4.79 Å². The van der Waals surface area contributed by atoms with Gasteiger partial charge in [-0.05, 0) is 29.2 Å². The molecule has 0 saturated carbocycles. The zero-order valence-electron chi connectivity index (χ0n) is 13.3. The summed E-state index contributed by atoms with van der Waals surface area (Å²) in [5.41, 5.74) is 1.60. The molecule has 0 aliphatic rings. The third-order valence-corrected chi connectivity index (χ3v) is 6.55. The van der Waals surface area contributed by atoms with E-state index in [0.29, 0.717) is 0 Å². The number of rotatable bonds is 7. The second-order valence-electron chi connectivity index (χ2n) is 5.65. The zero-order valence-corrected chi connectivity index (χ0v) is 14.9. The summed E-state index contributed by atoms with van der Waals surface area (Å²) in [7, 11) is -3.90. The number of aliphatic hydroxyl groups excluding tert-OH is 1. The fourth-order valence-electron chi connectivity index (χ4n) is 2.09. The number of sulfonamides is 1. The molecule has 1 aromatic heterocycles. The highest BCUT2D eigenvalue weighted by atomic mass is 32.2. The van der Waals surface area contributed by atoms with Gasteiger partial charge in [0.1, 0.15) is 10.3 Å². The first kappa shape index (κ1) is 18.6. The van der Waals surface area contributed by atoms with Crippen LogP contribution in [0.3, 0.4) is 0 Å². The first-order chi connectivity index (χ1) is 11.2. The third-order valence-electron chi connectivity index (χ3n) is 3.48. The second-order valence-corrected chi connectivity index (χ2v) is 8.68. The lowest BCUT2D eigenvalue weighted by molar-refractivity contribution is -0.140. The summed E-state index contributed by atoms with van der Waals surface area (Å²) in [5, 5.41) is 18.2. The lowest BCUT2D eigenvalue weighted by Crippen LogP contribution is -2.43. The Bertz CT molecular complexity index is 809. The molecule has 1 heterocycles. The van der Waals surface area contributed by atoms with E-state index in [1.54, 1.807) is 44.2 Å². The Morgan fingerprint density at radius 1 is 1.17 bits per heavy atom. The van der Waals surface area contributed by atoms with E-state index in [2.05, 4.69) is 4.72 Å². The Morgan fingerprint density at radius 3 is 2.29 bits per heavy atom.